The van der Waals surface area contributed by atoms with Crippen molar-refractivity contribution in [3.63, 3.8) is 0 Å². The molecule has 5 nitrogen and oxygen atoms in total. The summed E-state index contributed by atoms with van der Waals surface area (Å²) in [7, 11) is 0. The van der Waals surface area contributed by atoms with Crippen molar-refractivity contribution in [2.45, 2.75) is 31.7 Å². The van der Waals surface area contributed by atoms with Crippen LogP contribution in [0.2, 0.25) is 10.0 Å². The molecular weight excluding hydrogens is 420 g/mol. The van der Waals surface area contributed by atoms with Gasteiger partial charge in [0.25, 0.3) is 0 Å². The van der Waals surface area contributed by atoms with Crippen LogP contribution in [-0.2, 0) is 11.2 Å². The number of hydrogen-bond acceptors (Lipinski definition) is 4. The molecular formula is C17H21Cl4N3O2. The molecule has 3 rings (SSSR count). The molecule has 0 saturated carbocycles. The van der Waals surface area contributed by atoms with Crippen LogP contribution in [0.4, 0.5) is 0 Å². The molecule has 2 N–H and O–H groups in total. The first-order chi connectivity index (χ1) is 11.6. The molecule has 0 aliphatic carbocycles. The lowest BCUT2D eigenvalue weighted by atomic mass is 10.1. The molecule has 1 saturated heterocycles. The summed E-state index contributed by atoms with van der Waals surface area (Å²) >= 11 is 12.1. The van der Waals surface area contributed by atoms with E-state index < -0.39 is 0 Å². The number of piperidine rings is 1. The Bertz CT molecular complexity index is 718. The van der Waals surface area contributed by atoms with Gasteiger partial charge in [0.15, 0.2) is 11.7 Å². The molecule has 1 amide bonds. The number of nitrogens with zero attached hydrogens (tertiary/aromatic N) is 1. The Labute approximate surface area is 175 Å². The van der Waals surface area contributed by atoms with Gasteiger partial charge in [0.05, 0.1) is 11.2 Å². The third kappa shape index (κ3) is 6.32. The molecule has 1 atom stereocenters. The summed E-state index contributed by atoms with van der Waals surface area (Å²) in [5.74, 6) is 1.12. The molecule has 0 unspecified atom stereocenters. The summed E-state index contributed by atoms with van der Waals surface area (Å²) < 4.78 is 5.70. The van der Waals surface area contributed by atoms with Crippen molar-refractivity contribution in [3.8, 4) is 11.3 Å². The quantitative estimate of drug-likeness (QED) is 0.727. The molecule has 9 heteroatoms. The van der Waals surface area contributed by atoms with Crippen LogP contribution < -0.4 is 10.6 Å². The number of oxazole rings is 1. The highest BCUT2D eigenvalue weighted by atomic mass is 35.5. The van der Waals surface area contributed by atoms with Crippen LogP contribution >= 0.6 is 48.0 Å². The minimum Gasteiger partial charge on any atom is -0.441 e. The second kappa shape index (κ2) is 11.0. The molecule has 2 aromatic rings. The molecule has 0 spiro atoms. The van der Waals surface area contributed by atoms with Gasteiger partial charge in [-0.05, 0) is 37.6 Å². The summed E-state index contributed by atoms with van der Waals surface area (Å²) in [6.07, 6.45) is 4.54. The van der Waals surface area contributed by atoms with Crippen molar-refractivity contribution < 1.29 is 9.21 Å². The highest BCUT2D eigenvalue weighted by molar-refractivity contribution is 6.36. The van der Waals surface area contributed by atoms with Crippen molar-refractivity contribution in [3.05, 3.63) is 40.3 Å². The zero-order chi connectivity index (χ0) is 16.9. The lowest BCUT2D eigenvalue weighted by Crippen LogP contribution is -2.45. The SMILES string of the molecule is Cl.Cl.O=C(CCc1ncc(-c2ccc(Cl)cc2Cl)o1)N[C@H]1CCCNC1. The number of carbonyl (C=O) groups excluding carboxylic acids is 1. The molecule has 0 radical (unpaired) electrons. The predicted octanol–water partition coefficient (Wildman–Crippen LogP) is 4.29. The number of carbonyl (C=O) groups is 1. The van der Waals surface area contributed by atoms with Crippen LogP contribution in [0.1, 0.15) is 25.2 Å². The van der Waals surface area contributed by atoms with Gasteiger partial charge in [0.2, 0.25) is 5.91 Å². The monoisotopic (exact) mass is 439 g/mol. The zero-order valence-electron chi connectivity index (χ0n) is 14.0. The van der Waals surface area contributed by atoms with Gasteiger partial charge in [-0.3, -0.25) is 4.79 Å². The normalized spacial score (nSPS) is 16.3. The highest BCUT2D eigenvalue weighted by Crippen LogP contribution is 2.30. The largest absolute Gasteiger partial charge is 0.441 e. The smallest absolute Gasteiger partial charge is 0.220 e. The number of nitrogens with one attached hydrogen (secondary N) is 2. The molecule has 1 aliphatic heterocycles. The Morgan fingerprint density at radius 1 is 1.35 bits per heavy atom. The van der Waals surface area contributed by atoms with E-state index in [4.69, 9.17) is 27.6 Å². The maximum absolute atomic E-state index is 12.0. The first-order valence-electron chi connectivity index (χ1n) is 8.02. The number of aromatic nitrogens is 1. The van der Waals surface area contributed by atoms with Crippen molar-refractivity contribution in [2.75, 3.05) is 13.1 Å². The minimum absolute atomic E-state index is 0. The lowest BCUT2D eigenvalue weighted by Gasteiger charge is -2.23. The van der Waals surface area contributed by atoms with Crippen LogP contribution in [0.25, 0.3) is 11.3 Å². The summed E-state index contributed by atoms with van der Waals surface area (Å²) in [4.78, 5) is 16.2. The molecule has 26 heavy (non-hydrogen) atoms. The number of hydrogen-bond donors (Lipinski definition) is 2. The Morgan fingerprint density at radius 3 is 2.85 bits per heavy atom. The molecule has 2 heterocycles. The van der Waals surface area contributed by atoms with Crippen molar-refractivity contribution >= 4 is 53.9 Å². The van der Waals surface area contributed by atoms with E-state index >= 15 is 0 Å². The molecule has 1 aromatic heterocycles. The summed E-state index contributed by atoms with van der Waals surface area (Å²) in [6.45, 7) is 1.86. The number of halogens is 4. The number of benzene rings is 1. The van der Waals surface area contributed by atoms with Crippen molar-refractivity contribution in [1.82, 2.24) is 15.6 Å². The minimum atomic E-state index is 0. The summed E-state index contributed by atoms with van der Waals surface area (Å²) in [6, 6.07) is 5.42. The average molecular weight is 441 g/mol. The molecule has 1 aliphatic rings. The Kier molecular flexibility index (Phi) is 9.75. The second-order valence-electron chi connectivity index (χ2n) is 5.85. The average Bonchev–Trinajstić information content (AvgIpc) is 3.02. The topological polar surface area (TPSA) is 67.2 Å². The fraction of sp³-hybridized carbons (Fsp3) is 0.412. The third-order valence-electron chi connectivity index (χ3n) is 3.98. The van der Waals surface area contributed by atoms with E-state index in [2.05, 4.69) is 15.6 Å². The predicted molar refractivity (Wildman–Crippen MR) is 109 cm³/mol. The van der Waals surface area contributed by atoms with E-state index in [9.17, 15) is 4.79 Å². The highest BCUT2D eigenvalue weighted by Gasteiger charge is 2.16. The van der Waals surface area contributed by atoms with Gasteiger partial charge in [0.1, 0.15) is 0 Å². The third-order valence-corrected chi connectivity index (χ3v) is 4.53. The van der Waals surface area contributed by atoms with E-state index in [-0.39, 0.29) is 36.8 Å². The summed E-state index contributed by atoms with van der Waals surface area (Å²) in [5, 5.41) is 7.39. The van der Waals surface area contributed by atoms with Crippen LogP contribution in [0.3, 0.4) is 0 Å². The van der Waals surface area contributed by atoms with Crippen LogP contribution in [0.15, 0.2) is 28.8 Å². The Hall–Kier alpha value is -0.980. The van der Waals surface area contributed by atoms with Gasteiger partial charge in [-0.2, -0.15) is 0 Å². The lowest BCUT2D eigenvalue weighted by molar-refractivity contribution is -0.121. The maximum Gasteiger partial charge on any atom is 0.220 e. The molecule has 0 bridgehead atoms. The van der Waals surface area contributed by atoms with Gasteiger partial charge >= 0.3 is 0 Å². The van der Waals surface area contributed by atoms with Gasteiger partial charge in [-0.1, -0.05) is 23.2 Å². The van der Waals surface area contributed by atoms with Crippen LogP contribution in [0, 0.1) is 0 Å². The van der Waals surface area contributed by atoms with Crippen molar-refractivity contribution in [2.24, 2.45) is 0 Å². The Morgan fingerprint density at radius 2 is 2.15 bits per heavy atom. The molecule has 144 valence electrons. The van der Waals surface area contributed by atoms with Crippen molar-refractivity contribution in [1.29, 1.82) is 0 Å². The van der Waals surface area contributed by atoms with Crippen LogP contribution in [-0.4, -0.2) is 30.0 Å². The molecule has 1 fully saturated rings. The second-order valence-corrected chi connectivity index (χ2v) is 6.70. The fourth-order valence-corrected chi connectivity index (χ4v) is 3.24. The standard InChI is InChI=1S/C17H19Cl2N3O2.2ClH/c18-11-3-4-13(14(19)8-11)15-10-21-17(24-15)6-5-16(23)22-12-2-1-7-20-9-12;;/h3-4,8,10,12,20H,1-2,5-7,9H2,(H,22,23);2*1H/t12-;;/m0../s1. The number of rotatable bonds is 5. The van der Waals surface area contributed by atoms with E-state index in [1.54, 1.807) is 24.4 Å². The number of amides is 1. The van der Waals surface area contributed by atoms with E-state index in [1.165, 1.54) is 0 Å². The zero-order valence-corrected chi connectivity index (χ0v) is 17.1. The fourth-order valence-electron chi connectivity index (χ4n) is 2.73. The first kappa shape index (κ1) is 23.1. The van der Waals surface area contributed by atoms with E-state index in [0.29, 0.717) is 34.5 Å². The van der Waals surface area contributed by atoms with E-state index in [0.717, 1.165) is 31.5 Å². The van der Waals surface area contributed by atoms with E-state index in [1.807, 2.05) is 0 Å². The van der Waals surface area contributed by atoms with Gasteiger partial charge in [0, 0.05) is 36.0 Å². The molecule has 1 aromatic carbocycles. The maximum atomic E-state index is 12.0. The van der Waals surface area contributed by atoms with Crippen LogP contribution in [0.5, 0.6) is 0 Å². The summed E-state index contributed by atoms with van der Waals surface area (Å²) in [5.41, 5.74) is 0.734. The number of aryl methyl sites for hydroxylation is 1. The first-order valence-corrected chi connectivity index (χ1v) is 8.77. The van der Waals surface area contributed by atoms with Gasteiger partial charge in [-0.15, -0.1) is 24.8 Å². The van der Waals surface area contributed by atoms with Gasteiger partial charge < -0.3 is 15.1 Å². The van der Waals surface area contributed by atoms with Gasteiger partial charge in [-0.25, -0.2) is 4.98 Å². The Balaban J connectivity index is 0.00000169.